The fourth-order valence-corrected chi connectivity index (χ4v) is 1.27. The smallest absolute Gasteiger partial charge is 0.343 e. The van der Waals surface area contributed by atoms with E-state index in [1.165, 1.54) is 4.68 Å². The topological polar surface area (TPSA) is 64.3 Å². The maximum Gasteiger partial charge on any atom is 0.343 e. The second-order valence-electron chi connectivity index (χ2n) is 3.07. The third-order valence-electron chi connectivity index (χ3n) is 1.94. The van der Waals surface area contributed by atoms with Crippen LogP contribution in [0, 0.1) is 6.92 Å². The highest BCUT2D eigenvalue weighted by Gasteiger charge is 2.20. The molecule has 15 heavy (non-hydrogen) atoms. The summed E-state index contributed by atoms with van der Waals surface area (Å²) in [5.41, 5.74) is 0.586. The van der Waals surface area contributed by atoms with Crippen LogP contribution in [0.3, 0.4) is 0 Å². The number of hydrogen-bond donors (Lipinski definition) is 1. The largest absolute Gasteiger partial charge is 0.477 e. The highest BCUT2D eigenvalue weighted by molar-refractivity contribution is 5.91. The monoisotopic (exact) mass is 210 g/mol. The predicted molar refractivity (Wildman–Crippen MR) is 55.2 cm³/mol. The lowest BCUT2D eigenvalue weighted by Crippen LogP contribution is -2.05. The van der Waals surface area contributed by atoms with Crippen LogP contribution in [-0.2, 0) is 7.05 Å². The number of carboxylic acid groups (broad SMARTS) is 1. The molecule has 0 unspecified atom stereocenters. The van der Waals surface area contributed by atoms with Crippen LogP contribution in [0.25, 0.3) is 0 Å². The molecule has 1 N–H and O–H groups in total. The third-order valence-corrected chi connectivity index (χ3v) is 1.94. The molecule has 0 fully saturated rings. The minimum Gasteiger partial charge on any atom is -0.477 e. The summed E-state index contributed by atoms with van der Waals surface area (Å²) in [6.07, 6.45) is 3.64. The van der Waals surface area contributed by atoms with Crippen LogP contribution in [0.5, 0.6) is 5.88 Å². The maximum atomic E-state index is 10.9. The van der Waals surface area contributed by atoms with Gasteiger partial charge in [0.05, 0.1) is 5.69 Å². The summed E-state index contributed by atoms with van der Waals surface area (Å²) in [5, 5.41) is 13.0. The summed E-state index contributed by atoms with van der Waals surface area (Å²) < 4.78 is 6.76. The number of carbonyl (C=O) groups is 1. The number of ether oxygens (including phenoxy) is 1. The van der Waals surface area contributed by atoms with Gasteiger partial charge in [0.1, 0.15) is 12.2 Å². The van der Waals surface area contributed by atoms with E-state index in [9.17, 15) is 4.79 Å². The molecule has 0 amide bonds. The summed E-state index contributed by atoms with van der Waals surface area (Å²) in [5.74, 6) is -0.728. The van der Waals surface area contributed by atoms with Gasteiger partial charge in [-0.15, -0.1) is 0 Å². The molecule has 0 spiro atoms. The Balaban J connectivity index is 2.99. The summed E-state index contributed by atoms with van der Waals surface area (Å²) in [7, 11) is 1.66. The first kappa shape index (κ1) is 11.3. The van der Waals surface area contributed by atoms with Gasteiger partial charge in [-0.2, -0.15) is 5.10 Å². The zero-order valence-corrected chi connectivity index (χ0v) is 9.02. The van der Waals surface area contributed by atoms with Crippen molar-refractivity contribution in [3.8, 4) is 5.88 Å². The second-order valence-corrected chi connectivity index (χ2v) is 3.07. The highest BCUT2D eigenvalue weighted by Crippen LogP contribution is 2.20. The lowest BCUT2D eigenvalue weighted by molar-refractivity contribution is 0.0691. The summed E-state index contributed by atoms with van der Waals surface area (Å²) in [6, 6.07) is 0. The summed E-state index contributed by atoms with van der Waals surface area (Å²) in [6.45, 7) is 3.86. The normalized spacial score (nSPS) is 10.9. The van der Waals surface area contributed by atoms with Gasteiger partial charge < -0.3 is 9.84 Å². The first-order valence-electron chi connectivity index (χ1n) is 4.58. The van der Waals surface area contributed by atoms with Gasteiger partial charge >= 0.3 is 5.97 Å². The number of allylic oxidation sites excluding steroid dienone is 1. The van der Waals surface area contributed by atoms with Crippen LogP contribution < -0.4 is 4.74 Å². The lowest BCUT2D eigenvalue weighted by Gasteiger charge is -2.04. The average Bonchev–Trinajstić information content (AvgIpc) is 2.42. The van der Waals surface area contributed by atoms with Crippen molar-refractivity contribution in [2.24, 2.45) is 7.05 Å². The van der Waals surface area contributed by atoms with E-state index in [0.29, 0.717) is 12.3 Å². The highest BCUT2D eigenvalue weighted by atomic mass is 16.5. The molecule has 1 aromatic heterocycles. The van der Waals surface area contributed by atoms with E-state index < -0.39 is 5.97 Å². The zero-order valence-electron chi connectivity index (χ0n) is 9.02. The first-order valence-corrected chi connectivity index (χ1v) is 4.58. The Morgan fingerprint density at radius 2 is 2.33 bits per heavy atom. The Morgan fingerprint density at radius 1 is 1.67 bits per heavy atom. The molecular weight excluding hydrogens is 196 g/mol. The van der Waals surface area contributed by atoms with Gasteiger partial charge in [-0.3, -0.25) is 0 Å². The molecule has 0 bridgehead atoms. The fourth-order valence-electron chi connectivity index (χ4n) is 1.27. The van der Waals surface area contributed by atoms with Crippen LogP contribution >= 0.6 is 0 Å². The Kier molecular flexibility index (Phi) is 3.49. The standard InChI is InChI=1S/C10H14N2O3/c1-4-5-6-15-9-8(10(13)14)7(2)11-12(9)3/h4-5H,6H2,1-3H3,(H,13,14). The Bertz CT molecular complexity index is 394. The predicted octanol–water partition coefficient (Wildman–Crippen LogP) is 1.38. The van der Waals surface area contributed by atoms with E-state index in [0.717, 1.165) is 0 Å². The van der Waals surface area contributed by atoms with Crippen molar-refractivity contribution in [2.45, 2.75) is 13.8 Å². The van der Waals surface area contributed by atoms with Crippen LogP contribution in [0.4, 0.5) is 0 Å². The third kappa shape index (κ3) is 2.37. The maximum absolute atomic E-state index is 10.9. The van der Waals surface area contributed by atoms with Crippen LogP contribution in [0.1, 0.15) is 23.0 Å². The number of aromatic carboxylic acids is 1. The molecule has 5 heteroatoms. The van der Waals surface area contributed by atoms with Crippen molar-refractivity contribution in [1.29, 1.82) is 0 Å². The quantitative estimate of drug-likeness (QED) is 0.762. The van der Waals surface area contributed by atoms with E-state index in [-0.39, 0.29) is 11.4 Å². The van der Waals surface area contributed by atoms with Crippen LogP contribution in [-0.4, -0.2) is 27.5 Å². The molecule has 1 aromatic rings. The fraction of sp³-hybridized carbons (Fsp3) is 0.400. The van der Waals surface area contributed by atoms with Crippen molar-refractivity contribution >= 4 is 5.97 Å². The molecule has 1 heterocycles. The molecule has 0 aliphatic heterocycles. The lowest BCUT2D eigenvalue weighted by atomic mass is 10.2. The number of aryl methyl sites for hydroxylation is 2. The van der Waals surface area contributed by atoms with Gasteiger partial charge in [-0.1, -0.05) is 12.2 Å². The molecule has 5 nitrogen and oxygen atoms in total. The van der Waals surface area contributed by atoms with E-state index in [2.05, 4.69) is 5.10 Å². The van der Waals surface area contributed by atoms with E-state index in [1.54, 1.807) is 20.0 Å². The van der Waals surface area contributed by atoms with Gasteiger partial charge in [-0.25, -0.2) is 9.48 Å². The molecule has 0 radical (unpaired) electrons. The molecule has 0 saturated heterocycles. The second kappa shape index (κ2) is 4.63. The number of carboxylic acids is 1. The summed E-state index contributed by atoms with van der Waals surface area (Å²) >= 11 is 0. The Hall–Kier alpha value is -1.78. The minimum atomic E-state index is -1.02. The van der Waals surface area contributed by atoms with Crippen molar-refractivity contribution in [3.63, 3.8) is 0 Å². The number of nitrogens with zero attached hydrogens (tertiary/aromatic N) is 2. The SMILES string of the molecule is CC=CCOc1c(C(=O)O)c(C)nn1C. The number of aromatic nitrogens is 2. The van der Waals surface area contributed by atoms with Crippen LogP contribution in [0.15, 0.2) is 12.2 Å². The van der Waals surface area contributed by atoms with Gasteiger partial charge in [0.15, 0.2) is 0 Å². The minimum absolute atomic E-state index is 0.127. The van der Waals surface area contributed by atoms with Gasteiger partial charge in [-0.05, 0) is 13.8 Å². The Labute approximate surface area is 88.0 Å². The first-order chi connectivity index (χ1) is 7.07. The van der Waals surface area contributed by atoms with E-state index in [1.807, 2.05) is 13.0 Å². The number of rotatable bonds is 4. The van der Waals surface area contributed by atoms with Crippen molar-refractivity contribution < 1.29 is 14.6 Å². The molecule has 0 aliphatic carbocycles. The van der Waals surface area contributed by atoms with E-state index >= 15 is 0 Å². The van der Waals surface area contributed by atoms with E-state index in [4.69, 9.17) is 9.84 Å². The van der Waals surface area contributed by atoms with Crippen molar-refractivity contribution in [1.82, 2.24) is 9.78 Å². The van der Waals surface area contributed by atoms with Gasteiger partial charge in [0.2, 0.25) is 5.88 Å². The Morgan fingerprint density at radius 3 is 2.87 bits per heavy atom. The van der Waals surface area contributed by atoms with Crippen LogP contribution in [0.2, 0.25) is 0 Å². The van der Waals surface area contributed by atoms with Gasteiger partial charge in [0, 0.05) is 7.05 Å². The molecule has 1 rings (SSSR count). The van der Waals surface area contributed by atoms with Crippen molar-refractivity contribution in [3.05, 3.63) is 23.4 Å². The molecule has 0 atom stereocenters. The zero-order chi connectivity index (χ0) is 11.4. The molecular formula is C10H14N2O3. The van der Waals surface area contributed by atoms with Crippen molar-refractivity contribution in [2.75, 3.05) is 6.61 Å². The molecule has 0 aliphatic rings. The van der Waals surface area contributed by atoms with Gasteiger partial charge in [0.25, 0.3) is 0 Å². The average molecular weight is 210 g/mol. The molecule has 0 aromatic carbocycles. The molecule has 82 valence electrons. The summed E-state index contributed by atoms with van der Waals surface area (Å²) in [4.78, 5) is 10.9. The number of hydrogen-bond acceptors (Lipinski definition) is 3. The molecule has 0 saturated carbocycles.